The van der Waals surface area contributed by atoms with Crippen LogP contribution in [0.15, 0.2) is 29.6 Å². The lowest BCUT2D eigenvalue weighted by atomic mass is 10.3. The highest BCUT2D eigenvalue weighted by atomic mass is 32.2. The molecule has 1 aliphatic rings. The summed E-state index contributed by atoms with van der Waals surface area (Å²) in [5, 5.41) is 9.78. The quantitative estimate of drug-likeness (QED) is 0.744. The van der Waals surface area contributed by atoms with Gasteiger partial charge in [0.25, 0.3) is 10.0 Å². The molecule has 2 aromatic heterocycles. The maximum Gasteiger partial charge on any atom is 0.279 e. The van der Waals surface area contributed by atoms with Crippen molar-refractivity contribution in [2.45, 2.75) is 37.4 Å². The van der Waals surface area contributed by atoms with Crippen molar-refractivity contribution in [1.29, 1.82) is 0 Å². The van der Waals surface area contributed by atoms with Crippen molar-refractivity contribution in [2.24, 2.45) is 0 Å². The third-order valence-corrected chi connectivity index (χ3v) is 4.66. The number of nitrogens with zero attached hydrogens (tertiary/aromatic N) is 2. The Morgan fingerprint density at radius 1 is 1.33 bits per heavy atom. The van der Waals surface area contributed by atoms with Gasteiger partial charge >= 0.3 is 0 Å². The van der Waals surface area contributed by atoms with E-state index in [0.717, 1.165) is 18.5 Å². The monoisotopic (exact) mass is 307 g/mol. The minimum Gasteiger partial charge on any atom is -0.310 e. The van der Waals surface area contributed by atoms with Crippen LogP contribution in [-0.4, -0.2) is 29.6 Å². The number of hydrogen-bond acceptors (Lipinski definition) is 5. The Labute approximate surface area is 123 Å². The molecule has 1 saturated carbocycles. The molecule has 0 radical (unpaired) electrons. The molecule has 21 heavy (non-hydrogen) atoms. The Hall–Kier alpha value is -1.93. The number of rotatable bonds is 6. The van der Waals surface area contributed by atoms with E-state index >= 15 is 0 Å². The van der Waals surface area contributed by atoms with Gasteiger partial charge in [-0.15, -0.1) is 0 Å². The number of nitrogens with one attached hydrogen (secondary N) is 3. The molecule has 0 unspecified atom stereocenters. The van der Waals surface area contributed by atoms with Gasteiger partial charge in [-0.1, -0.05) is 0 Å². The van der Waals surface area contributed by atoms with Crippen molar-refractivity contribution >= 4 is 15.7 Å². The molecule has 7 nitrogen and oxygen atoms in total. The second-order valence-electron chi connectivity index (χ2n) is 5.17. The van der Waals surface area contributed by atoms with Gasteiger partial charge in [0.1, 0.15) is 0 Å². The number of aromatic amines is 1. The molecule has 0 amide bonds. The summed E-state index contributed by atoms with van der Waals surface area (Å²) >= 11 is 0. The number of anilines is 1. The highest BCUT2D eigenvalue weighted by Crippen LogP contribution is 2.21. The fourth-order valence-corrected chi connectivity index (χ4v) is 3.11. The lowest BCUT2D eigenvalue weighted by molar-refractivity contribution is 0.593. The number of sulfonamides is 1. The summed E-state index contributed by atoms with van der Waals surface area (Å²) in [5.41, 5.74) is 1.89. The minimum atomic E-state index is -3.69. The van der Waals surface area contributed by atoms with Gasteiger partial charge in [0, 0.05) is 23.8 Å². The zero-order valence-electron chi connectivity index (χ0n) is 11.6. The molecule has 0 aliphatic heterocycles. The predicted octanol–water partition coefficient (Wildman–Crippen LogP) is 1.17. The molecule has 1 fully saturated rings. The Morgan fingerprint density at radius 2 is 2.14 bits per heavy atom. The van der Waals surface area contributed by atoms with Crippen LogP contribution in [-0.2, 0) is 16.6 Å². The van der Waals surface area contributed by atoms with Crippen molar-refractivity contribution in [3.8, 4) is 0 Å². The predicted molar refractivity (Wildman–Crippen MR) is 78.2 cm³/mol. The second-order valence-corrected chi connectivity index (χ2v) is 6.79. The van der Waals surface area contributed by atoms with Crippen LogP contribution < -0.4 is 10.0 Å². The number of H-pyrrole nitrogens is 1. The van der Waals surface area contributed by atoms with Gasteiger partial charge in [0.05, 0.1) is 18.1 Å². The van der Waals surface area contributed by atoms with Crippen molar-refractivity contribution in [2.75, 3.05) is 4.72 Å². The lowest BCUT2D eigenvalue weighted by Crippen LogP contribution is -2.20. The van der Waals surface area contributed by atoms with Crippen LogP contribution >= 0.6 is 0 Å². The van der Waals surface area contributed by atoms with Crippen LogP contribution in [0.2, 0.25) is 0 Å². The van der Waals surface area contributed by atoms with Crippen LogP contribution in [0.4, 0.5) is 5.69 Å². The highest BCUT2D eigenvalue weighted by Gasteiger charge is 2.24. The Balaban J connectivity index is 1.77. The number of aryl methyl sites for hydroxylation is 1. The van der Waals surface area contributed by atoms with Gasteiger partial charge in [-0.25, -0.2) is 0 Å². The molecule has 0 saturated heterocycles. The fourth-order valence-electron chi connectivity index (χ4n) is 1.93. The molecule has 0 atom stereocenters. The zero-order chi connectivity index (χ0) is 14.9. The van der Waals surface area contributed by atoms with Gasteiger partial charge in [0.2, 0.25) is 0 Å². The van der Waals surface area contributed by atoms with Crippen LogP contribution in [0.25, 0.3) is 0 Å². The topological polar surface area (TPSA) is 99.8 Å². The van der Waals surface area contributed by atoms with E-state index < -0.39 is 10.0 Å². The molecule has 0 aromatic carbocycles. The first kappa shape index (κ1) is 14.0. The normalized spacial score (nSPS) is 15.1. The average molecular weight is 307 g/mol. The van der Waals surface area contributed by atoms with Gasteiger partial charge < -0.3 is 5.32 Å². The van der Waals surface area contributed by atoms with Crippen molar-refractivity contribution < 1.29 is 8.42 Å². The van der Waals surface area contributed by atoms with Gasteiger partial charge in [-0.2, -0.15) is 13.5 Å². The van der Waals surface area contributed by atoms with Gasteiger partial charge in [0.15, 0.2) is 5.03 Å². The smallest absolute Gasteiger partial charge is 0.279 e. The molecule has 2 heterocycles. The maximum absolute atomic E-state index is 12.4. The van der Waals surface area contributed by atoms with Crippen molar-refractivity contribution in [3.05, 3.63) is 35.8 Å². The molecule has 112 valence electrons. The van der Waals surface area contributed by atoms with Gasteiger partial charge in [-0.05, 0) is 31.9 Å². The van der Waals surface area contributed by atoms with E-state index in [2.05, 4.69) is 25.2 Å². The molecule has 0 spiro atoms. The molecular weight excluding hydrogens is 290 g/mol. The average Bonchev–Trinajstić information content (AvgIpc) is 3.14. The van der Waals surface area contributed by atoms with Crippen molar-refractivity contribution in [3.63, 3.8) is 0 Å². The number of hydrogen-bond donors (Lipinski definition) is 3. The fraction of sp³-hybridized carbons (Fsp3) is 0.385. The number of aromatic nitrogens is 3. The van der Waals surface area contributed by atoms with Crippen LogP contribution in [0, 0.1) is 6.92 Å². The Morgan fingerprint density at radius 3 is 2.81 bits per heavy atom. The second kappa shape index (κ2) is 5.45. The van der Waals surface area contributed by atoms with E-state index in [4.69, 9.17) is 0 Å². The molecule has 3 N–H and O–H groups in total. The summed E-state index contributed by atoms with van der Waals surface area (Å²) in [6.45, 7) is 2.33. The zero-order valence-corrected chi connectivity index (χ0v) is 12.4. The molecular formula is C13H17N5O2S. The first-order chi connectivity index (χ1) is 10.0. The van der Waals surface area contributed by atoms with E-state index in [1.807, 2.05) is 6.92 Å². The van der Waals surface area contributed by atoms with Crippen molar-refractivity contribution in [1.82, 2.24) is 20.5 Å². The van der Waals surface area contributed by atoms with Gasteiger partial charge in [-0.3, -0.25) is 14.8 Å². The van der Waals surface area contributed by atoms with E-state index in [-0.39, 0.29) is 5.03 Å². The van der Waals surface area contributed by atoms with E-state index in [0.29, 0.717) is 23.8 Å². The SMILES string of the molecule is Cc1ccc(NS(=O)(=O)c2[nH]ncc2CNC2CC2)cn1. The maximum atomic E-state index is 12.4. The third kappa shape index (κ3) is 3.40. The standard InChI is InChI=1S/C13H17N5O2S/c1-9-2-3-12(8-14-9)18-21(19,20)13-10(7-16-17-13)6-15-11-4-5-11/h2-3,7-8,11,15,18H,4-6H2,1H3,(H,16,17). The lowest BCUT2D eigenvalue weighted by Gasteiger charge is -2.08. The summed E-state index contributed by atoms with van der Waals surface area (Å²) in [5.74, 6) is 0. The minimum absolute atomic E-state index is 0.0937. The first-order valence-electron chi connectivity index (χ1n) is 6.76. The van der Waals surface area contributed by atoms with E-state index in [9.17, 15) is 8.42 Å². The largest absolute Gasteiger partial charge is 0.310 e. The third-order valence-electron chi connectivity index (χ3n) is 3.27. The molecule has 8 heteroatoms. The van der Waals surface area contributed by atoms with Crippen LogP contribution in [0.1, 0.15) is 24.1 Å². The summed E-state index contributed by atoms with van der Waals surface area (Å²) in [6.07, 6.45) is 5.32. The Kier molecular flexibility index (Phi) is 3.64. The molecule has 0 bridgehead atoms. The van der Waals surface area contributed by atoms with Crippen LogP contribution in [0.5, 0.6) is 0 Å². The molecule has 3 rings (SSSR count). The summed E-state index contributed by atoms with van der Waals surface area (Å²) in [6, 6.07) is 3.93. The molecule has 1 aliphatic carbocycles. The first-order valence-corrected chi connectivity index (χ1v) is 8.24. The molecule has 2 aromatic rings. The summed E-state index contributed by atoms with van der Waals surface area (Å²) < 4.78 is 27.3. The van der Waals surface area contributed by atoms with E-state index in [1.54, 1.807) is 12.1 Å². The van der Waals surface area contributed by atoms with E-state index in [1.165, 1.54) is 12.4 Å². The highest BCUT2D eigenvalue weighted by molar-refractivity contribution is 7.92. The summed E-state index contributed by atoms with van der Waals surface area (Å²) in [7, 11) is -3.69. The van der Waals surface area contributed by atoms with Crippen LogP contribution in [0.3, 0.4) is 0 Å². The summed E-state index contributed by atoms with van der Waals surface area (Å²) in [4.78, 5) is 4.07. The Bertz CT molecular complexity index is 719. The number of pyridine rings is 1.